The van der Waals surface area contributed by atoms with Crippen LogP contribution in [0.5, 0.6) is 0 Å². The van der Waals surface area contributed by atoms with Gasteiger partial charge in [-0.05, 0) is 48.7 Å². The Hall–Kier alpha value is -1.97. The van der Waals surface area contributed by atoms with Crippen LogP contribution in [0.1, 0.15) is 10.4 Å². The fraction of sp³-hybridized carbons (Fsp3) is 0.222. The molecule has 0 N–H and O–H groups in total. The van der Waals surface area contributed by atoms with Gasteiger partial charge in [-0.25, -0.2) is 12.8 Å². The number of sulfone groups is 1. The number of benzene rings is 2. The van der Waals surface area contributed by atoms with E-state index < -0.39 is 15.7 Å². The van der Waals surface area contributed by atoms with Gasteiger partial charge in [0.05, 0.1) is 15.1 Å². The highest BCUT2D eigenvalue weighted by Crippen LogP contribution is 2.19. The SMILES string of the molecule is CSCCn1c(=NC(=O)c2ccc(S(C)(=O)=O)cc2)sc2cc(F)ccc21. The second-order valence-electron chi connectivity index (χ2n) is 5.85. The lowest BCUT2D eigenvalue weighted by atomic mass is 10.2. The zero-order valence-electron chi connectivity index (χ0n) is 14.7. The molecule has 1 amide bonds. The molecule has 142 valence electrons. The summed E-state index contributed by atoms with van der Waals surface area (Å²) in [6.07, 6.45) is 3.10. The van der Waals surface area contributed by atoms with Crippen LogP contribution in [-0.4, -0.2) is 37.2 Å². The molecule has 0 saturated carbocycles. The van der Waals surface area contributed by atoms with Crippen LogP contribution in [0, 0.1) is 5.82 Å². The van der Waals surface area contributed by atoms with Crippen LogP contribution in [0.2, 0.25) is 0 Å². The number of carbonyl (C=O) groups excluding carboxylic acids is 1. The number of rotatable bonds is 5. The van der Waals surface area contributed by atoms with E-state index >= 15 is 0 Å². The van der Waals surface area contributed by atoms with Crippen LogP contribution in [0.3, 0.4) is 0 Å². The summed E-state index contributed by atoms with van der Waals surface area (Å²) in [5.74, 6) is 0.0168. The van der Waals surface area contributed by atoms with Crippen molar-refractivity contribution < 1.29 is 17.6 Å². The van der Waals surface area contributed by atoms with E-state index in [1.54, 1.807) is 17.8 Å². The van der Waals surface area contributed by atoms with Crippen LogP contribution >= 0.6 is 23.1 Å². The summed E-state index contributed by atoms with van der Waals surface area (Å²) in [6, 6.07) is 10.2. The molecule has 2 aromatic carbocycles. The number of carbonyl (C=O) groups is 1. The predicted molar refractivity (Wildman–Crippen MR) is 108 cm³/mol. The van der Waals surface area contributed by atoms with Gasteiger partial charge >= 0.3 is 0 Å². The molecule has 0 radical (unpaired) electrons. The Morgan fingerprint density at radius 2 is 1.93 bits per heavy atom. The van der Waals surface area contributed by atoms with Crippen LogP contribution in [0.25, 0.3) is 10.2 Å². The topological polar surface area (TPSA) is 68.5 Å². The number of nitrogens with zero attached hydrogens (tertiary/aromatic N) is 2. The van der Waals surface area contributed by atoms with Crippen molar-refractivity contribution in [3.8, 4) is 0 Å². The zero-order valence-corrected chi connectivity index (χ0v) is 17.1. The first-order valence-corrected chi connectivity index (χ1v) is 12.1. The quantitative estimate of drug-likeness (QED) is 0.630. The fourth-order valence-corrected chi connectivity index (χ4v) is 4.60. The smallest absolute Gasteiger partial charge is 0.279 e. The molecule has 0 aliphatic carbocycles. The third-order valence-electron chi connectivity index (χ3n) is 3.89. The molecule has 0 aliphatic heterocycles. The molecule has 1 aromatic heterocycles. The van der Waals surface area contributed by atoms with E-state index in [-0.39, 0.29) is 10.7 Å². The van der Waals surface area contributed by atoms with E-state index in [1.165, 1.54) is 47.7 Å². The minimum atomic E-state index is -3.32. The van der Waals surface area contributed by atoms with Crippen molar-refractivity contribution in [2.45, 2.75) is 11.4 Å². The molecule has 0 spiro atoms. The molecule has 0 unspecified atom stereocenters. The second-order valence-corrected chi connectivity index (χ2v) is 9.87. The molecule has 9 heteroatoms. The van der Waals surface area contributed by atoms with E-state index in [0.29, 0.717) is 16.9 Å². The zero-order chi connectivity index (χ0) is 19.6. The molecule has 0 aliphatic rings. The van der Waals surface area contributed by atoms with Crippen molar-refractivity contribution in [3.63, 3.8) is 0 Å². The van der Waals surface area contributed by atoms with Gasteiger partial charge in [0.2, 0.25) is 0 Å². The second kappa shape index (κ2) is 7.95. The maximum Gasteiger partial charge on any atom is 0.279 e. The monoisotopic (exact) mass is 424 g/mol. The van der Waals surface area contributed by atoms with E-state index in [9.17, 15) is 17.6 Å². The highest BCUT2D eigenvalue weighted by molar-refractivity contribution is 7.98. The van der Waals surface area contributed by atoms with Crippen molar-refractivity contribution in [1.82, 2.24) is 4.57 Å². The van der Waals surface area contributed by atoms with Crippen LogP contribution in [0.4, 0.5) is 4.39 Å². The van der Waals surface area contributed by atoms with Gasteiger partial charge in [-0.2, -0.15) is 16.8 Å². The fourth-order valence-electron chi connectivity index (χ4n) is 2.53. The van der Waals surface area contributed by atoms with E-state index in [1.807, 2.05) is 10.8 Å². The molecule has 1 heterocycles. The first kappa shape index (κ1) is 19.8. The summed E-state index contributed by atoms with van der Waals surface area (Å²) in [5, 5.41) is 0. The van der Waals surface area contributed by atoms with Gasteiger partial charge in [-0.3, -0.25) is 4.79 Å². The maximum atomic E-state index is 13.5. The van der Waals surface area contributed by atoms with Crippen molar-refractivity contribution in [2.75, 3.05) is 18.3 Å². The Kier molecular flexibility index (Phi) is 5.83. The van der Waals surface area contributed by atoms with Gasteiger partial charge in [0.25, 0.3) is 5.91 Å². The summed E-state index contributed by atoms with van der Waals surface area (Å²) in [7, 11) is -3.32. The van der Waals surface area contributed by atoms with Crippen molar-refractivity contribution in [3.05, 3.63) is 58.6 Å². The first-order valence-electron chi connectivity index (χ1n) is 7.96. The lowest BCUT2D eigenvalue weighted by molar-refractivity contribution is 0.0997. The Morgan fingerprint density at radius 3 is 2.56 bits per heavy atom. The van der Waals surface area contributed by atoms with E-state index in [2.05, 4.69) is 4.99 Å². The van der Waals surface area contributed by atoms with Gasteiger partial charge in [-0.15, -0.1) is 0 Å². The highest BCUT2D eigenvalue weighted by atomic mass is 32.2. The minimum absolute atomic E-state index is 0.145. The minimum Gasteiger partial charge on any atom is -0.316 e. The predicted octanol–water partition coefficient (Wildman–Crippen LogP) is 3.35. The molecule has 3 aromatic rings. The van der Waals surface area contributed by atoms with E-state index in [4.69, 9.17) is 0 Å². The largest absolute Gasteiger partial charge is 0.316 e. The summed E-state index contributed by atoms with van der Waals surface area (Å²) in [4.78, 5) is 17.4. The van der Waals surface area contributed by atoms with Gasteiger partial charge in [0.1, 0.15) is 5.82 Å². The van der Waals surface area contributed by atoms with Crippen molar-refractivity contribution >= 4 is 49.1 Å². The number of hydrogen-bond donors (Lipinski definition) is 0. The number of aryl methyl sites for hydroxylation is 1. The van der Waals surface area contributed by atoms with Crippen molar-refractivity contribution in [2.24, 2.45) is 4.99 Å². The number of fused-ring (bicyclic) bond motifs is 1. The molecule has 0 saturated heterocycles. The Morgan fingerprint density at radius 1 is 1.22 bits per heavy atom. The average molecular weight is 425 g/mol. The molecule has 5 nitrogen and oxygen atoms in total. The molecular weight excluding hydrogens is 407 g/mol. The lowest BCUT2D eigenvalue weighted by Gasteiger charge is -2.04. The summed E-state index contributed by atoms with van der Waals surface area (Å²) in [5.41, 5.74) is 1.12. The molecule has 3 rings (SSSR count). The molecular formula is C18H17FN2O3S3. The molecule has 0 bridgehead atoms. The van der Waals surface area contributed by atoms with Crippen LogP contribution in [-0.2, 0) is 16.4 Å². The number of thioether (sulfide) groups is 1. The average Bonchev–Trinajstić information content (AvgIpc) is 2.95. The van der Waals surface area contributed by atoms with Crippen molar-refractivity contribution in [1.29, 1.82) is 0 Å². The van der Waals surface area contributed by atoms with Crippen LogP contribution in [0.15, 0.2) is 52.4 Å². The van der Waals surface area contributed by atoms with E-state index in [0.717, 1.165) is 22.2 Å². The summed E-state index contributed by atoms with van der Waals surface area (Å²) < 4.78 is 39.2. The number of aromatic nitrogens is 1. The number of hydrogen-bond acceptors (Lipinski definition) is 5. The third-order valence-corrected chi connectivity index (χ3v) is 6.65. The highest BCUT2D eigenvalue weighted by Gasteiger charge is 2.12. The molecule has 0 atom stereocenters. The third kappa shape index (κ3) is 4.48. The number of halogens is 1. The normalized spacial score (nSPS) is 12.6. The summed E-state index contributed by atoms with van der Waals surface area (Å²) >= 11 is 2.91. The standard InChI is InChI=1S/C18H17FN2O3S3/c1-25-10-9-21-15-8-5-13(19)11-16(15)26-18(21)20-17(22)12-3-6-14(7-4-12)27(2,23)24/h3-8,11H,9-10H2,1-2H3. The first-order chi connectivity index (χ1) is 12.8. The van der Waals surface area contributed by atoms with Gasteiger partial charge in [0, 0.05) is 24.1 Å². The number of amides is 1. The van der Waals surface area contributed by atoms with Gasteiger partial charge in [-0.1, -0.05) is 11.3 Å². The Bertz CT molecular complexity index is 1160. The Labute approximate surface area is 164 Å². The van der Waals surface area contributed by atoms with Gasteiger partial charge in [0.15, 0.2) is 14.6 Å². The lowest BCUT2D eigenvalue weighted by Crippen LogP contribution is -2.18. The maximum absolute atomic E-state index is 13.5. The number of thiazole rings is 1. The molecule has 27 heavy (non-hydrogen) atoms. The van der Waals surface area contributed by atoms with Crippen LogP contribution < -0.4 is 4.80 Å². The molecule has 0 fully saturated rings. The summed E-state index contributed by atoms with van der Waals surface area (Å²) in [6.45, 7) is 0.645. The van der Waals surface area contributed by atoms with Gasteiger partial charge < -0.3 is 4.57 Å². The Balaban J connectivity index is 2.04.